The van der Waals surface area contributed by atoms with Crippen LogP contribution in [0, 0.1) is 22.7 Å². The van der Waals surface area contributed by atoms with Gasteiger partial charge in [0.05, 0.1) is 11.1 Å². The molecule has 0 aliphatic heterocycles. The van der Waals surface area contributed by atoms with Gasteiger partial charge in [-0.3, -0.25) is 0 Å². The van der Waals surface area contributed by atoms with E-state index in [-0.39, 0.29) is 0 Å². The fourth-order valence-corrected chi connectivity index (χ4v) is 5.79. The summed E-state index contributed by atoms with van der Waals surface area (Å²) in [4.78, 5) is 0. The fourth-order valence-electron chi connectivity index (χ4n) is 5.53. The highest BCUT2D eigenvalue weighted by Gasteiger charge is 2.16. The number of nitrogens with zero attached hydrogens (tertiary/aromatic N) is 2. The highest BCUT2D eigenvalue weighted by molar-refractivity contribution is 9.10. The molecular weight excluding hydrogens is 612 g/mol. The van der Waals surface area contributed by atoms with Crippen molar-refractivity contribution < 1.29 is 0 Å². The Morgan fingerprint density at radius 2 is 0.644 bits per heavy atom. The number of nitriles is 2. The predicted octanol–water partition coefficient (Wildman–Crippen LogP) is 11.1. The van der Waals surface area contributed by atoms with Gasteiger partial charge in [-0.1, -0.05) is 168 Å². The Bertz CT molecular complexity index is 2020. The van der Waals surface area contributed by atoms with Crippen LogP contribution in [0.3, 0.4) is 0 Å². The van der Waals surface area contributed by atoms with E-state index in [0.717, 1.165) is 43.4 Å². The quantitative estimate of drug-likeness (QED) is 0.129. The molecule has 0 spiro atoms. The number of rotatable bonds is 7. The first-order valence-electron chi connectivity index (χ1n) is 14.6. The van der Waals surface area contributed by atoms with Gasteiger partial charge in [0, 0.05) is 4.47 Å². The highest BCUT2D eigenvalue weighted by Crippen LogP contribution is 2.37. The van der Waals surface area contributed by atoms with Crippen molar-refractivity contribution in [1.29, 1.82) is 10.5 Å². The summed E-state index contributed by atoms with van der Waals surface area (Å²) in [5, 5.41) is 19.9. The molecule has 0 aliphatic rings. The van der Waals surface area contributed by atoms with E-state index in [2.05, 4.69) is 125 Å². The second-order valence-electron chi connectivity index (χ2n) is 10.5. The van der Waals surface area contributed by atoms with Crippen molar-refractivity contribution in [3.8, 4) is 23.3 Å². The number of allylic oxidation sites excluding steroid dienone is 2. The minimum absolute atomic E-state index is 0.355. The molecular formula is C42H27BrN2. The Balaban J connectivity index is 1.41. The zero-order valence-electron chi connectivity index (χ0n) is 24.4. The molecule has 0 aliphatic carbocycles. The average Bonchev–Trinajstić information content (AvgIpc) is 3.11. The summed E-state index contributed by atoms with van der Waals surface area (Å²) in [5.74, 6) is 0. The summed E-state index contributed by atoms with van der Waals surface area (Å²) in [6, 6.07) is 60.0. The Morgan fingerprint density at radius 1 is 0.356 bits per heavy atom. The summed E-state index contributed by atoms with van der Waals surface area (Å²) in [6.45, 7) is 0. The molecule has 45 heavy (non-hydrogen) atoms. The van der Waals surface area contributed by atoms with E-state index in [0.29, 0.717) is 22.3 Å². The minimum Gasteiger partial charge on any atom is -0.192 e. The largest absolute Gasteiger partial charge is 0.192 e. The van der Waals surface area contributed by atoms with Crippen LogP contribution in [-0.2, 0) is 0 Å². The van der Waals surface area contributed by atoms with E-state index in [1.807, 2.05) is 66.7 Å². The van der Waals surface area contributed by atoms with Crippen LogP contribution in [0.1, 0.15) is 33.4 Å². The summed E-state index contributed by atoms with van der Waals surface area (Å²) < 4.78 is 0.917. The summed E-state index contributed by atoms with van der Waals surface area (Å²) in [6.07, 6.45) is 0. The molecule has 0 heterocycles. The zero-order chi connectivity index (χ0) is 31.0. The van der Waals surface area contributed by atoms with Crippen molar-refractivity contribution in [2.75, 3.05) is 0 Å². The smallest absolute Gasteiger partial charge is 0.101 e. The topological polar surface area (TPSA) is 47.6 Å². The first kappa shape index (κ1) is 29.3. The minimum atomic E-state index is 0.355. The van der Waals surface area contributed by atoms with E-state index in [1.165, 1.54) is 5.57 Å². The van der Waals surface area contributed by atoms with Crippen LogP contribution in [0.15, 0.2) is 168 Å². The van der Waals surface area contributed by atoms with Crippen molar-refractivity contribution in [2.45, 2.75) is 0 Å². The molecule has 0 unspecified atom stereocenters. The first-order chi connectivity index (χ1) is 22.2. The molecule has 0 bridgehead atoms. The molecule has 6 rings (SSSR count). The Labute approximate surface area is 272 Å². The van der Waals surface area contributed by atoms with E-state index < -0.39 is 0 Å². The highest BCUT2D eigenvalue weighted by atomic mass is 79.9. The SMILES string of the molecule is N#C/C(=C(/C#N)c1ccc(-c2ccc(C(=C(c3ccccc3)c3ccccc3)c3ccccc3)cc2)cc1)c1ccc(Br)cc1. The summed E-state index contributed by atoms with van der Waals surface area (Å²) >= 11 is 3.43. The molecule has 0 amide bonds. The molecule has 0 atom stereocenters. The van der Waals surface area contributed by atoms with Crippen LogP contribution >= 0.6 is 15.9 Å². The van der Waals surface area contributed by atoms with Gasteiger partial charge in [0.25, 0.3) is 0 Å². The molecule has 2 nitrogen and oxygen atoms in total. The van der Waals surface area contributed by atoms with Gasteiger partial charge in [-0.15, -0.1) is 0 Å². The third-order valence-corrected chi connectivity index (χ3v) is 8.25. The van der Waals surface area contributed by atoms with Gasteiger partial charge in [0.1, 0.15) is 12.1 Å². The van der Waals surface area contributed by atoms with E-state index in [1.54, 1.807) is 0 Å². The van der Waals surface area contributed by atoms with Crippen LogP contribution < -0.4 is 0 Å². The lowest BCUT2D eigenvalue weighted by atomic mass is 9.85. The Kier molecular flexibility index (Phi) is 8.93. The molecule has 0 fully saturated rings. The number of hydrogen-bond acceptors (Lipinski definition) is 2. The van der Waals surface area contributed by atoms with Crippen LogP contribution in [0.25, 0.3) is 33.4 Å². The molecule has 0 saturated heterocycles. The number of hydrogen-bond donors (Lipinski definition) is 0. The van der Waals surface area contributed by atoms with Crippen molar-refractivity contribution in [3.63, 3.8) is 0 Å². The van der Waals surface area contributed by atoms with Crippen LogP contribution in [-0.4, -0.2) is 0 Å². The number of benzene rings is 6. The van der Waals surface area contributed by atoms with E-state index in [4.69, 9.17) is 0 Å². The lowest BCUT2D eigenvalue weighted by Crippen LogP contribution is -1.97. The van der Waals surface area contributed by atoms with Gasteiger partial charge in [0.15, 0.2) is 0 Å². The Morgan fingerprint density at radius 3 is 0.978 bits per heavy atom. The van der Waals surface area contributed by atoms with E-state index >= 15 is 0 Å². The van der Waals surface area contributed by atoms with Gasteiger partial charge in [0.2, 0.25) is 0 Å². The standard InChI is InChI=1S/C42H27BrN2/c43-38-26-24-33(25-27-38)40(29-45)39(28-44)32-20-16-30(17-21-32)31-18-22-37(23-19-31)42(36-14-8-3-9-15-36)41(34-10-4-1-5-11-34)35-12-6-2-7-13-35/h1-27H/b40-39+. The first-order valence-corrected chi connectivity index (χ1v) is 15.4. The van der Waals surface area contributed by atoms with Gasteiger partial charge >= 0.3 is 0 Å². The molecule has 0 saturated carbocycles. The average molecular weight is 640 g/mol. The molecule has 3 heteroatoms. The molecule has 6 aromatic carbocycles. The predicted molar refractivity (Wildman–Crippen MR) is 188 cm³/mol. The van der Waals surface area contributed by atoms with Crippen molar-refractivity contribution in [2.24, 2.45) is 0 Å². The van der Waals surface area contributed by atoms with Crippen LogP contribution in [0.5, 0.6) is 0 Å². The van der Waals surface area contributed by atoms with Crippen LogP contribution in [0.2, 0.25) is 0 Å². The summed E-state index contributed by atoms with van der Waals surface area (Å²) in [7, 11) is 0. The third kappa shape index (κ3) is 6.46. The van der Waals surface area contributed by atoms with Gasteiger partial charge in [-0.05, 0) is 67.8 Å². The monoisotopic (exact) mass is 638 g/mol. The fraction of sp³-hybridized carbons (Fsp3) is 0. The molecule has 212 valence electrons. The zero-order valence-corrected chi connectivity index (χ0v) is 25.9. The molecule has 6 aromatic rings. The van der Waals surface area contributed by atoms with Crippen molar-refractivity contribution in [1.82, 2.24) is 0 Å². The van der Waals surface area contributed by atoms with Gasteiger partial charge < -0.3 is 0 Å². The van der Waals surface area contributed by atoms with E-state index in [9.17, 15) is 10.5 Å². The van der Waals surface area contributed by atoms with Gasteiger partial charge in [-0.2, -0.15) is 10.5 Å². The molecule has 0 radical (unpaired) electrons. The summed E-state index contributed by atoms with van der Waals surface area (Å²) in [5.41, 5.74) is 11.1. The van der Waals surface area contributed by atoms with Crippen molar-refractivity contribution in [3.05, 3.63) is 202 Å². The lowest BCUT2D eigenvalue weighted by molar-refractivity contribution is 1.49. The maximum atomic E-state index is 10.00. The van der Waals surface area contributed by atoms with Crippen LogP contribution in [0.4, 0.5) is 0 Å². The maximum absolute atomic E-state index is 10.00. The van der Waals surface area contributed by atoms with Crippen molar-refractivity contribution >= 4 is 38.2 Å². The maximum Gasteiger partial charge on any atom is 0.101 e. The normalized spacial score (nSPS) is 11.1. The molecule has 0 aromatic heterocycles. The second-order valence-corrected chi connectivity index (χ2v) is 11.4. The Hall–Kier alpha value is -5.74. The molecule has 0 N–H and O–H groups in total. The lowest BCUT2D eigenvalue weighted by Gasteiger charge is -2.18. The second kappa shape index (κ2) is 13.7. The number of halogens is 1. The van der Waals surface area contributed by atoms with Gasteiger partial charge in [-0.25, -0.2) is 0 Å². The third-order valence-electron chi connectivity index (χ3n) is 7.72.